The molecule has 2 bridgehead atoms. The molecule has 2 aromatic heterocycles. The molecule has 1 fully saturated rings. The molecule has 1 saturated heterocycles. The molecular weight excluding hydrogens is 386 g/mol. The van der Waals surface area contributed by atoms with Crippen LogP contribution in [-0.4, -0.2) is 56.6 Å². The van der Waals surface area contributed by atoms with Gasteiger partial charge in [-0.15, -0.1) is 0 Å². The summed E-state index contributed by atoms with van der Waals surface area (Å²) in [5, 5.41) is 0. The minimum atomic E-state index is -0.520. The summed E-state index contributed by atoms with van der Waals surface area (Å²) in [4.78, 5) is 54.1. The van der Waals surface area contributed by atoms with E-state index in [1.165, 1.54) is 24.7 Å². The van der Waals surface area contributed by atoms with Crippen molar-refractivity contribution in [2.75, 3.05) is 27.2 Å². The smallest absolute Gasteiger partial charge is 0.331 e. The molecule has 2 aromatic rings. The number of pyridine rings is 1. The van der Waals surface area contributed by atoms with E-state index in [4.69, 9.17) is 0 Å². The van der Waals surface area contributed by atoms with E-state index in [-0.39, 0.29) is 29.0 Å². The van der Waals surface area contributed by atoms with E-state index in [1.54, 1.807) is 4.90 Å². The number of likely N-dealkylation sites (tertiary alicyclic amines) is 1. The van der Waals surface area contributed by atoms with Gasteiger partial charge in [-0.25, -0.2) is 4.79 Å². The zero-order chi connectivity index (χ0) is 21.7. The predicted molar refractivity (Wildman–Crippen MR) is 112 cm³/mol. The monoisotopic (exact) mass is 413 g/mol. The molecule has 0 saturated carbocycles. The Morgan fingerprint density at radius 3 is 2.50 bits per heavy atom. The molecule has 0 aliphatic carbocycles. The number of nitrogens with zero attached hydrogens (tertiary/aromatic N) is 5. The first-order valence-corrected chi connectivity index (χ1v) is 10.1. The molecule has 1 amide bonds. The second-order valence-corrected chi connectivity index (χ2v) is 8.71. The molecule has 0 aromatic carbocycles. The van der Waals surface area contributed by atoms with Gasteiger partial charge in [0.05, 0.1) is 0 Å². The van der Waals surface area contributed by atoms with E-state index in [0.29, 0.717) is 26.2 Å². The summed E-state index contributed by atoms with van der Waals surface area (Å²) in [5.41, 5.74) is 0.852. The minimum Gasteiger partial charge on any atom is -0.336 e. The van der Waals surface area contributed by atoms with Gasteiger partial charge in [-0.05, 0) is 32.5 Å². The second kappa shape index (κ2) is 7.39. The van der Waals surface area contributed by atoms with E-state index in [0.717, 1.165) is 22.2 Å². The first kappa shape index (κ1) is 20.3. The third-order valence-corrected chi connectivity index (χ3v) is 6.20. The van der Waals surface area contributed by atoms with Crippen LogP contribution in [0.1, 0.15) is 34.1 Å². The van der Waals surface area contributed by atoms with Crippen molar-refractivity contribution in [1.82, 2.24) is 23.5 Å². The average molecular weight is 413 g/mol. The molecule has 2 aliphatic rings. The van der Waals surface area contributed by atoms with Crippen LogP contribution in [0.25, 0.3) is 0 Å². The molecular formula is C21H27N5O4. The highest BCUT2D eigenvalue weighted by Gasteiger charge is 2.37. The summed E-state index contributed by atoms with van der Waals surface area (Å²) in [6, 6.07) is 5.11. The van der Waals surface area contributed by atoms with Crippen molar-refractivity contribution in [3.05, 3.63) is 66.3 Å². The number of fused-ring (bicyclic) bond motifs is 4. The third kappa shape index (κ3) is 3.32. The lowest BCUT2D eigenvalue weighted by atomic mass is 9.83. The van der Waals surface area contributed by atoms with E-state index in [1.807, 2.05) is 35.7 Å². The Morgan fingerprint density at radius 1 is 1.07 bits per heavy atom. The summed E-state index contributed by atoms with van der Waals surface area (Å²) < 4.78 is 4.07. The number of piperidine rings is 1. The summed E-state index contributed by atoms with van der Waals surface area (Å²) >= 11 is 0. The summed E-state index contributed by atoms with van der Waals surface area (Å²) in [6.07, 6.45) is 0.922. The molecule has 9 nitrogen and oxygen atoms in total. The van der Waals surface area contributed by atoms with Crippen molar-refractivity contribution < 1.29 is 4.79 Å². The number of rotatable bonds is 3. The number of amides is 1. The normalized spacial score (nSPS) is 20.4. The van der Waals surface area contributed by atoms with Crippen molar-refractivity contribution in [2.24, 2.45) is 20.0 Å². The highest BCUT2D eigenvalue weighted by Crippen LogP contribution is 2.35. The molecule has 0 radical (unpaired) electrons. The van der Waals surface area contributed by atoms with Crippen LogP contribution in [0.2, 0.25) is 0 Å². The van der Waals surface area contributed by atoms with Gasteiger partial charge < -0.3 is 14.4 Å². The topological polar surface area (TPSA) is 89.6 Å². The highest BCUT2D eigenvalue weighted by atomic mass is 16.2. The van der Waals surface area contributed by atoms with Crippen LogP contribution in [0.4, 0.5) is 0 Å². The van der Waals surface area contributed by atoms with Crippen molar-refractivity contribution in [2.45, 2.75) is 25.4 Å². The Morgan fingerprint density at radius 2 is 1.80 bits per heavy atom. The zero-order valence-electron chi connectivity index (χ0n) is 17.8. The standard InChI is InChI=1S/C21H27N5O4/c1-22(2)11-14-5-6-16-15-7-13(10-26(16)19(14)28)9-25(12-15)20(29)17-8-18(27)24(4)21(30)23(17)3/h5-6,8,13,15H,7,9-12H2,1-4H3/t13-,15+/m0/s1. The third-order valence-electron chi connectivity index (χ3n) is 6.20. The Balaban J connectivity index is 1.65. The Bertz CT molecular complexity index is 1190. The van der Waals surface area contributed by atoms with Crippen LogP contribution < -0.4 is 16.8 Å². The quantitative estimate of drug-likeness (QED) is 0.681. The van der Waals surface area contributed by atoms with Crippen LogP contribution in [0.15, 0.2) is 32.6 Å². The number of hydrogen-bond acceptors (Lipinski definition) is 5. The molecule has 0 N–H and O–H groups in total. The predicted octanol–water partition coefficient (Wildman–Crippen LogP) is -0.433. The van der Waals surface area contributed by atoms with E-state index < -0.39 is 11.2 Å². The Kier molecular flexibility index (Phi) is 5.01. The molecule has 2 atom stereocenters. The highest BCUT2D eigenvalue weighted by molar-refractivity contribution is 5.92. The summed E-state index contributed by atoms with van der Waals surface area (Å²) in [7, 11) is 6.77. The van der Waals surface area contributed by atoms with Crippen LogP contribution in [0, 0.1) is 5.92 Å². The van der Waals surface area contributed by atoms with Crippen molar-refractivity contribution in [1.29, 1.82) is 0 Å². The SMILES string of the molecule is CN(C)Cc1ccc2n(c1=O)C[C@H]1C[C@@H]2CN(C(=O)c2cc(=O)n(C)c(=O)n2C)C1. The molecule has 9 heteroatoms. The van der Waals surface area contributed by atoms with Gasteiger partial charge in [-0.3, -0.25) is 23.5 Å². The number of hydrogen-bond donors (Lipinski definition) is 0. The fourth-order valence-corrected chi connectivity index (χ4v) is 4.72. The Labute approximate surface area is 173 Å². The molecule has 2 aliphatic heterocycles. The van der Waals surface area contributed by atoms with Gasteiger partial charge in [0, 0.05) is 63.5 Å². The van der Waals surface area contributed by atoms with Crippen LogP contribution >= 0.6 is 0 Å². The van der Waals surface area contributed by atoms with Gasteiger partial charge in [-0.2, -0.15) is 0 Å². The maximum Gasteiger partial charge on any atom is 0.331 e. The lowest BCUT2D eigenvalue weighted by molar-refractivity contribution is 0.0582. The lowest BCUT2D eigenvalue weighted by Crippen LogP contribution is -2.51. The number of carbonyl (C=O) groups is 1. The summed E-state index contributed by atoms with van der Waals surface area (Å²) in [5.74, 6) is -0.0933. The molecule has 0 unspecified atom stereocenters. The molecule has 30 heavy (non-hydrogen) atoms. The molecule has 4 heterocycles. The fourth-order valence-electron chi connectivity index (χ4n) is 4.72. The lowest BCUT2D eigenvalue weighted by Gasteiger charge is -2.43. The van der Waals surface area contributed by atoms with E-state index in [2.05, 4.69) is 0 Å². The van der Waals surface area contributed by atoms with Crippen molar-refractivity contribution >= 4 is 5.91 Å². The van der Waals surface area contributed by atoms with Crippen LogP contribution in [0.5, 0.6) is 0 Å². The first-order chi connectivity index (χ1) is 14.2. The van der Waals surface area contributed by atoms with Gasteiger partial charge in [0.25, 0.3) is 17.0 Å². The van der Waals surface area contributed by atoms with Crippen LogP contribution in [-0.2, 0) is 27.2 Å². The van der Waals surface area contributed by atoms with Gasteiger partial charge in [0.15, 0.2) is 0 Å². The maximum atomic E-state index is 13.2. The van der Waals surface area contributed by atoms with Gasteiger partial charge >= 0.3 is 5.69 Å². The number of carbonyl (C=O) groups excluding carboxylic acids is 1. The largest absolute Gasteiger partial charge is 0.336 e. The van der Waals surface area contributed by atoms with Gasteiger partial charge in [0.1, 0.15) is 5.69 Å². The maximum absolute atomic E-state index is 13.2. The van der Waals surface area contributed by atoms with Crippen molar-refractivity contribution in [3.8, 4) is 0 Å². The molecule has 4 rings (SSSR count). The fraction of sp³-hybridized carbons (Fsp3) is 0.524. The summed E-state index contributed by atoms with van der Waals surface area (Å²) in [6.45, 7) is 2.13. The Hall–Kier alpha value is -2.94. The molecule has 0 spiro atoms. The van der Waals surface area contributed by atoms with Gasteiger partial charge in [-0.1, -0.05) is 6.07 Å². The number of aromatic nitrogens is 3. The first-order valence-electron chi connectivity index (χ1n) is 10.1. The molecule has 160 valence electrons. The van der Waals surface area contributed by atoms with Crippen LogP contribution in [0.3, 0.4) is 0 Å². The zero-order valence-corrected chi connectivity index (χ0v) is 17.8. The minimum absolute atomic E-state index is 0.0460. The van der Waals surface area contributed by atoms with E-state index >= 15 is 0 Å². The van der Waals surface area contributed by atoms with E-state index in [9.17, 15) is 19.2 Å². The average Bonchev–Trinajstić information content (AvgIpc) is 2.70. The van der Waals surface area contributed by atoms with Crippen molar-refractivity contribution in [3.63, 3.8) is 0 Å². The second-order valence-electron chi connectivity index (χ2n) is 8.71. The van der Waals surface area contributed by atoms with Gasteiger partial charge in [0.2, 0.25) is 0 Å².